The van der Waals surface area contributed by atoms with Gasteiger partial charge in [-0.2, -0.15) is 0 Å². The Morgan fingerprint density at radius 2 is 2.00 bits per heavy atom. The van der Waals surface area contributed by atoms with Gasteiger partial charge in [0.15, 0.2) is 0 Å². The first-order chi connectivity index (χ1) is 15.0. The number of benzene rings is 2. The molecule has 3 aromatic rings. The SMILES string of the molecule is Cc1cccc(Cl)c1C(CN1c2ccc(N)cc2-n2cncc2C1N)N1CCOCC1. The number of aromatic nitrogens is 2. The number of nitrogens with two attached hydrogens (primary N) is 2. The summed E-state index contributed by atoms with van der Waals surface area (Å²) < 4.78 is 7.65. The summed E-state index contributed by atoms with van der Waals surface area (Å²) in [5, 5.41) is 0.782. The van der Waals surface area contributed by atoms with Crippen molar-refractivity contribution >= 4 is 23.0 Å². The maximum atomic E-state index is 6.78. The third kappa shape index (κ3) is 3.57. The number of morpholine rings is 1. The molecule has 0 bridgehead atoms. The molecular formula is C23H27ClN6O. The smallest absolute Gasteiger partial charge is 0.121 e. The van der Waals surface area contributed by atoms with Crippen LogP contribution in [0.2, 0.25) is 5.02 Å². The summed E-state index contributed by atoms with van der Waals surface area (Å²) in [4.78, 5) is 9.04. The number of hydrogen-bond acceptors (Lipinski definition) is 6. The topological polar surface area (TPSA) is 85.6 Å². The van der Waals surface area contributed by atoms with Gasteiger partial charge >= 0.3 is 0 Å². The van der Waals surface area contributed by atoms with Crippen molar-refractivity contribution in [3.63, 3.8) is 0 Å². The van der Waals surface area contributed by atoms with E-state index in [0.717, 1.165) is 40.7 Å². The summed E-state index contributed by atoms with van der Waals surface area (Å²) in [6.45, 7) is 5.94. The van der Waals surface area contributed by atoms with Gasteiger partial charge in [-0.05, 0) is 42.3 Å². The first kappa shape index (κ1) is 20.3. The third-order valence-corrected chi connectivity index (χ3v) is 6.66. The van der Waals surface area contributed by atoms with Crippen LogP contribution in [0.3, 0.4) is 0 Å². The van der Waals surface area contributed by atoms with Crippen LogP contribution >= 0.6 is 11.6 Å². The van der Waals surface area contributed by atoms with E-state index in [1.165, 1.54) is 5.56 Å². The molecule has 0 aliphatic carbocycles. The Labute approximate surface area is 187 Å². The van der Waals surface area contributed by atoms with E-state index in [4.69, 9.17) is 27.8 Å². The summed E-state index contributed by atoms with van der Waals surface area (Å²) in [5.41, 5.74) is 18.9. The van der Waals surface area contributed by atoms with Crippen molar-refractivity contribution in [2.24, 2.45) is 5.73 Å². The van der Waals surface area contributed by atoms with Gasteiger partial charge in [-0.1, -0.05) is 23.7 Å². The van der Waals surface area contributed by atoms with E-state index in [2.05, 4.69) is 27.8 Å². The Bertz CT molecular complexity index is 1070. The number of halogens is 1. The average Bonchev–Trinajstić information content (AvgIpc) is 3.26. The molecule has 2 aliphatic rings. The van der Waals surface area contributed by atoms with Gasteiger partial charge in [0.25, 0.3) is 0 Å². The van der Waals surface area contributed by atoms with Gasteiger partial charge in [-0.25, -0.2) is 4.98 Å². The molecule has 1 fully saturated rings. The molecule has 1 aromatic heterocycles. The lowest BCUT2D eigenvalue weighted by molar-refractivity contribution is 0.0170. The second kappa shape index (κ2) is 8.16. The predicted octanol–water partition coefficient (Wildman–Crippen LogP) is 3.27. The summed E-state index contributed by atoms with van der Waals surface area (Å²) in [6, 6.07) is 12.1. The van der Waals surface area contributed by atoms with Gasteiger partial charge in [-0.15, -0.1) is 0 Å². The van der Waals surface area contributed by atoms with E-state index in [-0.39, 0.29) is 12.2 Å². The van der Waals surface area contributed by atoms with Gasteiger partial charge in [0, 0.05) is 30.3 Å². The fraction of sp³-hybridized carbons (Fsp3) is 0.348. The van der Waals surface area contributed by atoms with Crippen LogP contribution in [0, 0.1) is 6.92 Å². The first-order valence-corrected chi connectivity index (χ1v) is 10.9. The van der Waals surface area contributed by atoms with E-state index in [1.54, 1.807) is 6.33 Å². The molecule has 5 rings (SSSR count). The number of anilines is 2. The summed E-state index contributed by atoms with van der Waals surface area (Å²) in [5.74, 6) is 0. The normalized spacial score (nSPS) is 19.7. The van der Waals surface area contributed by atoms with Crippen molar-refractivity contribution in [3.8, 4) is 5.69 Å². The molecule has 2 unspecified atom stereocenters. The molecule has 2 aromatic carbocycles. The largest absolute Gasteiger partial charge is 0.399 e. The maximum Gasteiger partial charge on any atom is 0.121 e. The Hall–Kier alpha value is -2.58. The minimum absolute atomic E-state index is 0.0727. The van der Waals surface area contributed by atoms with Gasteiger partial charge in [0.2, 0.25) is 0 Å². The predicted molar refractivity (Wildman–Crippen MR) is 124 cm³/mol. The van der Waals surface area contributed by atoms with Crippen molar-refractivity contribution in [1.29, 1.82) is 0 Å². The average molecular weight is 439 g/mol. The van der Waals surface area contributed by atoms with Crippen molar-refractivity contribution in [2.75, 3.05) is 43.5 Å². The quantitative estimate of drug-likeness (QED) is 0.608. The first-order valence-electron chi connectivity index (χ1n) is 10.6. The van der Waals surface area contributed by atoms with Gasteiger partial charge in [-0.3, -0.25) is 9.47 Å². The summed E-state index contributed by atoms with van der Waals surface area (Å²) >= 11 is 6.74. The molecule has 1 saturated heterocycles. The number of nitrogen functional groups attached to an aromatic ring is 1. The summed E-state index contributed by atoms with van der Waals surface area (Å²) in [7, 11) is 0. The zero-order valence-corrected chi connectivity index (χ0v) is 18.3. The van der Waals surface area contributed by atoms with Gasteiger partial charge in [0.05, 0.1) is 48.8 Å². The van der Waals surface area contributed by atoms with Crippen LogP contribution in [0.15, 0.2) is 48.9 Å². The van der Waals surface area contributed by atoms with Crippen molar-refractivity contribution in [3.05, 3.63) is 70.8 Å². The molecule has 4 N–H and O–H groups in total. The van der Waals surface area contributed by atoms with Crippen LogP contribution in [0.25, 0.3) is 5.69 Å². The molecule has 8 heteroatoms. The number of aryl methyl sites for hydroxylation is 1. The van der Waals surface area contributed by atoms with Crippen LogP contribution < -0.4 is 16.4 Å². The highest BCUT2D eigenvalue weighted by atomic mass is 35.5. The maximum absolute atomic E-state index is 6.78. The number of fused-ring (bicyclic) bond motifs is 3. The lowest BCUT2D eigenvalue weighted by Crippen LogP contribution is -2.48. The molecule has 31 heavy (non-hydrogen) atoms. The van der Waals surface area contributed by atoms with Crippen molar-refractivity contribution in [1.82, 2.24) is 14.5 Å². The molecule has 162 valence electrons. The standard InChI is InChI=1S/C23H27ClN6O/c1-15-3-2-4-17(24)22(15)21(28-7-9-31-10-8-28)13-29-18-6-5-16(25)11-19(18)30-14-27-12-20(30)23(29)26/h2-6,11-12,14,21,23H,7-10,13,25-26H2,1H3. The van der Waals surface area contributed by atoms with E-state index >= 15 is 0 Å². The van der Waals surface area contributed by atoms with E-state index in [0.29, 0.717) is 25.4 Å². The molecule has 0 spiro atoms. The Balaban J connectivity index is 1.59. The van der Waals surface area contributed by atoms with Gasteiger partial charge < -0.3 is 21.1 Å². The number of ether oxygens (including phenoxy) is 1. The monoisotopic (exact) mass is 438 g/mol. The van der Waals surface area contributed by atoms with Gasteiger partial charge in [0.1, 0.15) is 6.17 Å². The Kier molecular flexibility index (Phi) is 5.35. The van der Waals surface area contributed by atoms with Crippen LogP contribution in [0.4, 0.5) is 11.4 Å². The lowest BCUT2D eigenvalue weighted by Gasteiger charge is -2.43. The van der Waals surface area contributed by atoms with E-state index in [9.17, 15) is 0 Å². The van der Waals surface area contributed by atoms with Crippen LogP contribution in [0.5, 0.6) is 0 Å². The Morgan fingerprint density at radius 1 is 1.19 bits per heavy atom. The highest BCUT2D eigenvalue weighted by Crippen LogP contribution is 2.40. The third-order valence-electron chi connectivity index (χ3n) is 6.33. The molecule has 7 nitrogen and oxygen atoms in total. The van der Waals surface area contributed by atoms with Crippen LogP contribution in [-0.4, -0.2) is 47.3 Å². The second-order valence-corrected chi connectivity index (χ2v) is 8.58. The zero-order valence-electron chi connectivity index (χ0n) is 17.5. The highest BCUT2D eigenvalue weighted by molar-refractivity contribution is 6.31. The van der Waals surface area contributed by atoms with E-state index in [1.807, 2.05) is 41.1 Å². The lowest BCUT2D eigenvalue weighted by atomic mass is 9.97. The molecule has 3 heterocycles. The van der Waals surface area contributed by atoms with Crippen LogP contribution in [-0.2, 0) is 4.74 Å². The minimum Gasteiger partial charge on any atom is -0.399 e. The molecular weight excluding hydrogens is 412 g/mol. The zero-order chi connectivity index (χ0) is 21.5. The molecule has 2 atom stereocenters. The van der Waals surface area contributed by atoms with Crippen molar-refractivity contribution < 1.29 is 4.74 Å². The fourth-order valence-corrected chi connectivity index (χ4v) is 5.10. The highest BCUT2D eigenvalue weighted by Gasteiger charge is 2.34. The fourth-order valence-electron chi connectivity index (χ4n) is 4.75. The second-order valence-electron chi connectivity index (χ2n) is 8.17. The van der Waals surface area contributed by atoms with E-state index < -0.39 is 0 Å². The molecule has 2 aliphatic heterocycles. The van der Waals surface area contributed by atoms with Crippen molar-refractivity contribution in [2.45, 2.75) is 19.1 Å². The number of imidazole rings is 1. The summed E-state index contributed by atoms with van der Waals surface area (Å²) in [6.07, 6.45) is 3.29. The number of hydrogen-bond donors (Lipinski definition) is 2. The Morgan fingerprint density at radius 3 is 2.77 bits per heavy atom. The molecule has 0 amide bonds. The molecule has 0 saturated carbocycles. The number of nitrogens with zero attached hydrogens (tertiary/aromatic N) is 4. The molecule has 0 radical (unpaired) electrons. The minimum atomic E-state index is -0.329. The number of rotatable bonds is 4. The van der Waals surface area contributed by atoms with Crippen LogP contribution in [0.1, 0.15) is 29.0 Å².